The molecule has 1 aliphatic carbocycles. The lowest BCUT2D eigenvalue weighted by molar-refractivity contribution is -0.0385. The fourth-order valence-corrected chi connectivity index (χ4v) is 1.89. The van der Waals surface area contributed by atoms with Crippen molar-refractivity contribution in [2.45, 2.75) is 31.6 Å². The molecule has 1 unspecified atom stereocenters. The van der Waals surface area contributed by atoms with Crippen molar-refractivity contribution in [1.29, 1.82) is 0 Å². The van der Waals surface area contributed by atoms with Gasteiger partial charge in [-0.05, 0) is 18.0 Å². The minimum Gasteiger partial charge on any atom is -0.475 e. The van der Waals surface area contributed by atoms with Gasteiger partial charge in [-0.2, -0.15) is 4.98 Å². The van der Waals surface area contributed by atoms with E-state index in [1.54, 1.807) is 0 Å². The lowest BCUT2D eigenvalue weighted by atomic mass is 10.0. The van der Waals surface area contributed by atoms with Crippen molar-refractivity contribution >= 4 is 5.97 Å². The van der Waals surface area contributed by atoms with Gasteiger partial charge in [0.15, 0.2) is 0 Å². The van der Waals surface area contributed by atoms with Gasteiger partial charge in [0.2, 0.25) is 5.89 Å². The number of alkyl halides is 2. The van der Waals surface area contributed by atoms with Gasteiger partial charge in [-0.25, -0.2) is 13.6 Å². The van der Waals surface area contributed by atoms with Crippen LogP contribution in [0.3, 0.4) is 0 Å². The van der Waals surface area contributed by atoms with Crippen LogP contribution in [-0.4, -0.2) is 27.1 Å². The highest BCUT2D eigenvalue weighted by Crippen LogP contribution is 2.41. The molecule has 1 fully saturated rings. The van der Waals surface area contributed by atoms with Crippen LogP contribution in [-0.2, 0) is 6.42 Å². The van der Waals surface area contributed by atoms with Crippen molar-refractivity contribution in [3.63, 3.8) is 0 Å². The van der Waals surface area contributed by atoms with E-state index < -0.39 is 23.6 Å². The van der Waals surface area contributed by atoms with Gasteiger partial charge in [0, 0.05) is 18.8 Å². The Morgan fingerprint density at radius 1 is 1.62 bits per heavy atom. The van der Waals surface area contributed by atoms with Gasteiger partial charge in [-0.1, -0.05) is 0 Å². The molecule has 5 nitrogen and oxygen atoms in total. The molecule has 1 atom stereocenters. The van der Waals surface area contributed by atoms with Crippen molar-refractivity contribution in [2.75, 3.05) is 0 Å². The second kappa shape index (κ2) is 3.80. The third-order valence-corrected chi connectivity index (χ3v) is 2.74. The highest BCUT2D eigenvalue weighted by molar-refractivity contribution is 5.82. The number of aromatic nitrogens is 2. The number of nitrogens with zero attached hydrogens (tertiary/aromatic N) is 2. The second-order valence-electron chi connectivity index (χ2n) is 3.87. The lowest BCUT2D eigenvalue weighted by Gasteiger charge is -2.16. The van der Waals surface area contributed by atoms with E-state index in [9.17, 15) is 13.6 Å². The predicted octanol–water partition coefficient (Wildman–Crippen LogP) is 1.75. The Labute approximate surface area is 89.5 Å². The fraction of sp³-hybridized carbons (Fsp3) is 0.667. The lowest BCUT2D eigenvalue weighted by Crippen LogP contribution is -2.23. The first-order valence-corrected chi connectivity index (χ1v) is 4.93. The third-order valence-electron chi connectivity index (χ3n) is 2.74. The summed E-state index contributed by atoms with van der Waals surface area (Å²) in [6, 6.07) is 0. The molecular formula is C9H10F2N2O3. The minimum atomic E-state index is -2.71. The zero-order valence-electron chi connectivity index (χ0n) is 8.32. The summed E-state index contributed by atoms with van der Waals surface area (Å²) in [7, 11) is 0. The average molecular weight is 232 g/mol. The Kier molecular flexibility index (Phi) is 2.61. The normalized spacial score (nSPS) is 23.5. The zero-order valence-corrected chi connectivity index (χ0v) is 8.32. The van der Waals surface area contributed by atoms with E-state index in [0.29, 0.717) is 12.8 Å². The van der Waals surface area contributed by atoms with Crippen LogP contribution in [0.5, 0.6) is 0 Å². The van der Waals surface area contributed by atoms with Crippen molar-refractivity contribution in [3.05, 3.63) is 11.7 Å². The summed E-state index contributed by atoms with van der Waals surface area (Å²) in [5.74, 6) is -5.39. The molecule has 1 aromatic rings. The molecule has 1 saturated carbocycles. The predicted molar refractivity (Wildman–Crippen MR) is 47.2 cm³/mol. The molecule has 1 aliphatic rings. The van der Waals surface area contributed by atoms with Crippen LogP contribution in [0, 0.1) is 5.92 Å². The first-order chi connectivity index (χ1) is 7.49. The maximum absolute atomic E-state index is 13.3. The van der Waals surface area contributed by atoms with Gasteiger partial charge < -0.3 is 9.63 Å². The third kappa shape index (κ3) is 2.02. The monoisotopic (exact) mass is 232 g/mol. The first kappa shape index (κ1) is 11.0. The molecule has 16 heavy (non-hydrogen) atoms. The summed E-state index contributed by atoms with van der Waals surface area (Å²) >= 11 is 0. The Hall–Kier alpha value is -1.53. The molecule has 1 N–H and O–H groups in total. The largest absolute Gasteiger partial charge is 0.475 e. The quantitative estimate of drug-likeness (QED) is 0.858. The van der Waals surface area contributed by atoms with E-state index in [1.807, 2.05) is 0 Å². The van der Waals surface area contributed by atoms with Gasteiger partial charge >= 0.3 is 5.97 Å². The SMILES string of the molecule is O=C(O)c1noc(CC2CCCC2(F)F)n1. The molecule has 1 aromatic heterocycles. The van der Waals surface area contributed by atoms with E-state index in [0.717, 1.165) is 0 Å². The number of carboxylic acid groups (broad SMARTS) is 1. The second-order valence-corrected chi connectivity index (χ2v) is 3.87. The number of aromatic carboxylic acids is 1. The summed E-state index contributed by atoms with van der Waals surface area (Å²) in [5.41, 5.74) is 0. The van der Waals surface area contributed by atoms with Crippen LogP contribution in [0.15, 0.2) is 4.52 Å². The molecule has 2 rings (SSSR count). The number of rotatable bonds is 3. The maximum Gasteiger partial charge on any atom is 0.377 e. The summed E-state index contributed by atoms with van der Waals surface area (Å²) in [5, 5.41) is 11.7. The Morgan fingerprint density at radius 2 is 2.38 bits per heavy atom. The van der Waals surface area contributed by atoms with E-state index >= 15 is 0 Å². The number of carbonyl (C=O) groups is 1. The van der Waals surface area contributed by atoms with Crippen LogP contribution >= 0.6 is 0 Å². The summed E-state index contributed by atoms with van der Waals surface area (Å²) in [4.78, 5) is 14.0. The minimum absolute atomic E-state index is 0.0380. The smallest absolute Gasteiger partial charge is 0.377 e. The molecule has 0 aromatic carbocycles. The van der Waals surface area contributed by atoms with Crippen LogP contribution < -0.4 is 0 Å². The highest BCUT2D eigenvalue weighted by Gasteiger charge is 2.44. The highest BCUT2D eigenvalue weighted by atomic mass is 19.3. The number of hydrogen-bond donors (Lipinski definition) is 1. The van der Waals surface area contributed by atoms with E-state index in [2.05, 4.69) is 14.7 Å². The summed E-state index contributed by atoms with van der Waals surface area (Å²) < 4.78 is 31.1. The molecule has 88 valence electrons. The molecule has 0 radical (unpaired) electrons. The fourth-order valence-electron chi connectivity index (χ4n) is 1.89. The zero-order chi connectivity index (χ0) is 11.8. The van der Waals surface area contributed by atoms with Crippen molar-refractivity contribution in [3.8, 4) is 0 Å². The number of hydrogen-bond acceptors (Lipinski definition) is 4. The summed E-state index contributed by atoms with van der Waals surface area (Å²) in [6.07, 6.45) is 0.681. The number of halogens is 2. The Bertz CT molecular complexity index is 405. The van der Waals surface area contributed by atoms with E-state index in [1.165, 1.54) is 0 Å². The van der Waals surface area contributed by atoms with Gasteiger partial charge in [0.05, 0.1) is 0 Å². The molecule has 0 saturated heterocycles. The van der Waals surface area contributed by atoms with E-state index in [4.69, 9.17) is 5.11 Å². The van der Waals surface area contributed by atoms with Crippen molar-refractivity contribution in [1.82, 2.24) is 10.1 Å². The molecule has 0 bridgehead atoms. The van der Waals surface area contributed by atoms with Gasteiger partial charge in [-0.3, -0.25) is 0 Å². The van der Waals surface area contributed by atoms with Crippen LogP contribution in [0.2, 0.25) is 0 Å². The van der Waals surface area contributed by atoms with Crippen LogP contribution in [0.4, 0.5) is 8.78 Å². The molecular weight excluding hydrogens is 222 g/mol. The van der Waals surface area contributed by atoms with Gasteiger partial charge in [0.1, 0.15) is 0 Å². The molecule has 0 aliphatic heterocycles. The average Bonchev–Trinajstić information content (AvgIpc) is 2.75. The Balaban J connectivity index is 2.06. The summed E-state index contributed by atoms with van der Waals surface area (Å²) in [6.45, 7) is 0. The molecule has 0 amide bonds. The van der Waals surface area contributed by atoms with Gasteiger partial charge in [-0.15, -0.1) is 0 Å². The van der Waals surface area contributed by atoms with Crippen molar-refractivity contribution in [2.24, 2.45) is 5.92 Å². The molecule has 0 spiro atoms. The molecule has 1 heterocycles. The Morgan fingerprint density at radius 3 is 2.88 bits per heavy atom. The standard InChI is InChI=1S/C9H10F2N2O3/c10-9(11)3-1-2-5(9)4-6-12-7(8(14)15)13-16-6/h5H,1-4H2,(H,14,15). The van der Waals surface area contributed by atoms with E-state index in [-0.39, 0.29) is 18.7 Å². The van der Waals surface area contributed by atoms with Crippen molar-refractivity contribution < 1.29 is 23.2 Å². The number of carboxylic acids is 1. The van der Waals surface area contributed by atoms with Gasteiger partial charge in [0.25, 0.3) is 11.7 Å². The molecule has 7 heteroatoms. The topological polar surface area (TPSA) is 76.2 Å². The van der Waals surface area contributed by atoms with Crippen LogP contribution in [0.1, 0.15) is 35.8 Å². The maximum atomic E-state index is 13.3. The van der Waals surface area contributed by atoms with Crippen LogP contribution in [0.25, 0.3) is 0 Å². The first-order valence-electron chi connectivity index (χ1n) is 4.93.